The SMILES string of the molecule is C=CCC(CCCC(=O)OC)(C(=O)O)c1ccc(F)cc1. The minimum absolute atomic E-state index is 0.143. The number of carboxylic acid groups (broad SMARTS) is 1. The molecule has 0 aliphatic heterocycles. The third-order valence-electron chi connectivity index (χ3n) is 3.51. The maximum Gasteiger partial charge on any atom is 0.314 e. The summed E-state index contributed by atoms with van der Waals surface area (Å²) in [7, 11) is 1.29. The fraction of sp³-hybridized carbons (Fsp3) is 0.375. The standard InChI is InChI=1S/C16H19FO4/c1-3-10-16(15(19)20,11-4-5-14(18)21-2)12-6-8-13(17)9-7-12/h3,6-9H,1,4-5,10-11H2,2H3,(H,19,20). The minimum atomic E-state index is -1.20. The second-order valence-electron chi connectivity index (χ2n) is 4.82. The van der Waals surface area contributed by atoms with Crippen molar-refractivity contribution in [3.05, 3.63) is 48.3 Å². The zero-order chi connectivity index (χ0) is 15.9. The Labute approximate surface area is 123 Å². The predicted molar refractivity (Wildman–Crippen MR) is 76.4 cm³/mol. The van der Waals surface area contributed by atoms with Gasteiger partial charge in [-0.05, 0) is 37.0 Å². The average Bonchev–Trinajstić information content (AvgIpc) is 2.46. The Morgan fingerprint density at radius 3 is 2.48 bits per heavy atom. The molecule has 1 N–H and O–H groups in total. The number of benzene rings is 1. The molecule has 1 aromatic carbocycles. The molecule has 0 saturated carbocycles. The van der Waals surface area contributed by atoms with Gasteiger partial charge >= 0.3 is 11.9 Å². The van der Waals surface area contributed by atoms with E-state index in [4.69, 9.17) is 0 Å². The normalized spacial score (nSPS) is 13.2. The number of allylic oxidation sites excluding steroid dienone is 1. The molecule has 4 nitrogen and oxygen atoms in total. The van der Waals surface area contributed by atoms with E-state index in [-0.39, 0.29) is 25.2 Å². The van der Waals surface area contributed by atoms with Crippen LogP contribution in [0.3, 0.4) is 0 Å². The number of hydrogen-bond acceptors (Lipinski definition) is 3. The molecule has 0 spiro atoms. The smallest absolute Gasteiger partial charge is 0.314 e. The van der Waals surface area contributed by atoms with Crippen LogP contribution >= 0.6 is 0 Å². The highest BCUT2D eigenvalue weighted by atomic mass is 19.1. The van der Waals surface area contributed by atoms with Gasteiger partial charge in [0.2, 0.25) is 0 Å². The van der Waals surface area contributed by atoms with Gasteiger partial charge in [0, 0.05) is 6.42 Å². The number of carbonyl (C=O) groups is 2. The fourth-order valence-electron chi connectivity index (χ4n) is 2.33. The second-order valence-corrected chi connectivity index (χ2v) is 4.82. The lowest BCUT2D eigenvalue weighted by Gasteiger charge is -2.29. The maximum atomic E-state index is 13.0. The lowest BCUT2D eigenvalue weighted by molar-refractivity contribution is -0.145. The number of methoxy groups -OCH3 is 1. The summed E-state index contributed by atoms with van der Waals surface area (Å²) in [6.07, 6.45) is 2.48. The van der Waals surface area contributed by atoms with E-state index in [1.807, 2.05) is 0 Å². The van der Waals surface area contributed by atoms with E-state index >= 15 is 0 Å². The minimum Gasteiger partial charge on any atom is -0.481 e. The van der Waals surface area contributed by atoms with Gasteiger partial charge in [0.1, 0.15) is 5.82 Å². The number of esters is 1. The lowest BCUT2D eigenvalue weighted by atomic mass is 9.74. The summed E-state index contributed by atoms with van der Waals surface area (Å²) in [6.45, 7) is 3.60. The monoisotopic (exact) mass is 294 g/mol. The Morgan fingerprint density at radius 2 is 2.00 bits per heavy atom. The molecular formula is C16H19FO4. The van der Waals surface area contributed by atoms with Crippen LogP contribution in [0.25, 0.3) is 0 Å². The van der Waals surface area contributed by atoms with E-state index in [1.165, 1.54) is 37.5 Å². The molecule has 1 atom stereocenters. The molecule has 0 amide bonds. The summed E-state index contributed by atoms with van der Waals surface area (Å²) >= 11 is 0. The summed E-state index contributed by atoms with van der Waals surface area (Å²) in [5.41, 5.74) is -0.704. The first kappa shape index (κ1) is 16.9. The highest BCUT2D eigenvalue weighted by molar-refractivity contribution is 5.81. The molecule has 0 fully saturated rings. The van der Waals surface area contributed by atoms with Crippen LogP contribution in [0.4, 0.5) is 4.39 Å². The molecule has 0 heterocycles. The van der Waals surface area contributed by atoms with Gasteiger partial charge in [0.25, 0.3) is 0 Å². The lowest BCUT2D eigenvalue weighted by Crippen LogP contribution is -2.35. The molecule has 1 rings (SSSR count). The zero-order valence-electron chi connectivity index (χ0n) is 12.0. The number of aliphatic carboxylic acids is 1. The first-order valence-electron chi connectivity index (χ1n) is 6.63. The van der Waals surface area contributed by atoms with Gasteiger partial charge < -0.3 is 9.84 Å². The summed E-state index contributed by atoms with van der Waals surface area (Å²) < 4.78 is 17.6. The van der Waals surface area contributed by atoms with Crippen LogP contribution in [0.1, 0.15) is 31.2 Å². The van der Waals surface area contributed by atoms with Crippen molar-refractivity contribution >= 4 is 11.9 Å². The van der Waals surface area contributed by atoms with Crippen molar-refractivity contribution in [3.8, 4) is 0 Å². The largest absolute Gasteiger partial charge is 0.481 e. The summed E-state index contributed by atoms with van der Waals surface area (Å²) in [6, 6.07) is 5.39. The van der Waals surface area contributed by atoms with Crippen molar-refractivity contribution in [3.63, 3.8) is 0 Å². The molecule has 21 heavy (non-hydrogen) atoms. The Morgan fingerprint density at radius 1 is 1.38 bits per heavy atom. The average molecular weight is 294 g/mol. The third kappa shape index (κ3) is 4.15. The van der Waals surface area contributed by atoms with E-state index in [0.29, 0.717) is 12.0 Å². The quantitative estimate of drug-likeness (QED) is 0.591. The second kappa shape index (κ2) is 7.57. The molecule has 114 valence electrons. The Kier molecular flexibility index (Phi) is 6.09. The summed E-state index contributed by atoms with van der Waals surface area (Å²) in [4.78, 5) is 23.0. The summed E-state index contributed by atoms with van der Waals surface area (Å²) in [5.74, 6) is -1.82. The fourth-order valence-corrected chi connectivity index (χ4v) is 2.33. The number of hydrogen-bond donors (Lipinski definition) is 1. The van der Waals surface area contributed by atoms with Crippen molar-refractivity contribution in [1.82, 2.24) is 0 Å². The molecule has 0 aliphatic rings. The van der Waals surface area contributed by atoms with Gasteiger partial charge in [-0.15, -0.1) is 6.58 Å². The highest BCUT2D eigenvalue weighted by Crippen LogP contribution is 2.34. The zero-order valence-corrected chi connectivity index (χ0v) is 12.0. The maximum absolute atomic E-state index is 13.0. The molecular weight excluding hydrogens is 275 g/mol. The van der Waals surface area contributed by atoms with Crippen molar-refractivity contribution in [2.45, 2.75) is 31.1 Å². The molecule has 5 heteroatoms. The van der Waals surface area contributed by atoms with E-state index in [2.05, 4.69) is 11.3 Å². The van der Waals surface area contributed by atoms with Gasteiger partial charge in [-0.2, -0.15) is 0 Å². The number of rotatable bonds is 8. The Hall–Kier alpha value is -2.17. The number of ether oxygens (including phenoxy) is 1. The van der Waals surface area contributed by atoms with E-state index < -0.39 is 17.2 Å². The topological polar surface area (TPSA) is 63.6 Å². The van der Waals surface area contributed by atoms with Crippen molar-refractivity contribution in [2.75, 3.05) is 7.11 Å². The highest BCUT2D eigenvalue weighted by Gasteiger charge is 2.38. The van der Waals surface area contributed by atoms with Crippen molar-refractivity contribution < 1.29 is 23.8 Å². The predicted octanol–water partition coefficient (Wildman–Crippen LogP) is 3.07. The van der Waals surface area contributed by atoms with E-state index in [1.54, 1.807) is 0 Å². The van der Waals surface area contributed by atoms with Crippen LogP contribution in [-0.4, -0.2) is 24.2 Å². The first-order valence-corrected chi connectivity index (χ1v) is 6.63. The van der Waals surface area contributed by atoms with Crippen molar-refractivity contribution in [2.24, 2.45) is 0 Å². The summed E-state index contributed by atoms with van der Waals surface area (Å²) in [5, 5.41) is 9.64. The molecule has 1 aromatic rings. The van der Waals surface area contributed by atoms with Crippen LogP contribution in [-0.2, 0) is 19.7 Å². The number of carbonyl (C=O) groups excluding carboxylic acids is 1. The van der Waals surface area contributed by atoms with Crippen LogP contribution in [0.5, 0.6) is 0 Å². The van der Waals surface area contributed by atoms with Crippen LogP contribution in [0.15, 0.2) is 36.9 Å². The molecule has 0 aromatic heterocycles. The molecule has 0 saturated heterocycles. The Balaban J connectivity index is 3.03. The van der Waals surface area contributed by atoms with Gasteiger partial charge in [-0.3, -0.25) is 9.59 Å². The third-order valence-corrected chi connectivity index (χ3v) is 3.51. The number of halogens is 1. The van der Waals surface area contributed by atoms with Gasteiger partial charge in [-0.25, -0.2) is 4.39 Å². The molecule has 1 unspecified atom stereocenters. The number of carboxylic acids is 1. The van der Waals surface area contributed by atoms with E-state index in [9.17, 15) is 19.1 Å². The van der Waals surface area contributed by atoms with Gasteiger partial charge in [0.15, 0.2) is 0 Å². The molecule has 0 aliphatic carbocycles. The Bertz CT molecular complexity index is 510. The van der Waals surface area contributed by atoms with Crippen LogP contribution in [0.2, 0.25) is 0 Å². The van der Waals surface area contributed by atoms with Crippen molar-refractivity contribution in [1.29, 1.82) is 0 Å². The molecule has 0 bridgehead atoms. The van der Waals surface area contributed by atoms with E-state index in [0.717, 1.165) is 0 Å². The van der Waals surface area contributed by atoms with Crippen LogP contribution in [0, 0.1) is 5.82 Å². The first-order chi connectivity index (χ1) is 9.96. The van der Waals surface area contributed by atoms with Gasteiger partial charge in [0.05, 0.1) is 12.5 Å². The van der Waals surface area contributed by atoms with Crippen LogP contribution < -0.4 is 0 Å². The molecule has 0 radical (unpaired) electrons. The van der Waals surface area contributed by atoms with Gasteiger partial charge in [-0.1, -0.05) is 18.2 Å².